The van der Waals surface area contributed by atoms with Gasteiger partial charge in [-0.05, 0) is 47.9 Å². The number of thiazole rings is 1. The lowest BCUT2D eigenvalue weighted by Crippen LogP contribution is -1.63. The molecule has 0 bridgehead atoms. The number of H-pyrrole nitrogens is 1. The molecule has 132 valence electrons. The fourth-order valence-electron chi connectivity index (χ4n) is 2.41. The molecule has 0 amide bonds. The maximum absolute atomic E-state index is 4.14. The van der Waals surface area contributed by atoms with E-state index >= 15 is 0 Å². The highest BCUT2D eigenvalue weighted by Crippen LogP contribution is 2.15. The molecule has 0 saturated heterocycles. The largest absolute Gasteiger partial charge is 0.345 e. The quantitative estimate of drug-likeness (QED) is 0.370. The molecular formula is C20H15N5S2. The normalized spacial score (nSPS) is 10.2. The van der Waals surface area contributed by atoms with E-state index in [0.717, 1.165) is 26.8 Å². The van der Waals surface area contributed by atoms with Gasteiger partial charge in [0.05, 0.1) is 37.8 Å². The third kappa shape index (κ3) is 4.33. The van der Waals surface area contributed by atoms with Crippen LogP contribution in [0.15, 0.2) is 84.6 Å². The molecule has 6 aromatic rings. The van der Waals surface area contributed by atoms with Crippen LogP contribution in [0.1, 0.15) is 0 Å². The van der Waals surface area contributed by atoms with E-state index in [0.29, 0.717) is 0 Å². The van der Waals surface area contributed by atoms with Crippen LogP contribution < -0.4 is 0 Å². The van der Waals surface area contributed by atoms with Crippen molar-refractivity contribution in [2.45, 2.75) is 0 Å². The molecule has 1 N–H and O–H groups in total. The van der Waals surface area contributed by atoms with Gasteiger partial charge in [0.2, 0.25) is 0 Å². The van der Waals surface area contributed by atoms with Crippen molar-refractivity contribution in [1.29, 1.82) is 0 Å². The number of hydrogen-bond donors (Lipinski definition) is 1. The summed E-state index contributed by atoms with van der Waals surface area (Å²) in [6, 6.07) is 24.0. The molecule has 0 radical (unpaired) electrons. The summed E-state index contributed by atoms with van der Waals surface area (Å²) in [4.78, 5) is 11.2. The standard InChI is InChI=1S/C7H6N2.C7H5NS.C6H4N2S/c2*1-2-4-7-6(3-1)8-5-9-7;1-2-4-6-5(3-1)7-8-9-6/h1-5H,(H,8,9);1-5H;1-4H. The average molecular weight is 390 g/mol. The zero-order valence-corrected chi connectivity index (χ0v) is 15.8. The van der Waals surface area contributed by atoms with Gasteiger partial charge in [0, 0.05) is 0 Å². The molecule has 0 aliphatic carbocycles. The first-order valence-electron chi connectivity index (χ1n) is 8.23. The Morgan fingerprint density at radius 2 is 1.37 bits per heavy atom. The summed E-state index contributed by atoms with van der Waals surface area (Å²) in [6.45, 7) is 0. The van der Waals surface area contributed by atoms with Crippen molar-refractivity contribution in [3.05, 3.63) is 84.6 Å². The average Bonchev–Trinajstić information content (AvgIpc) is 3.48. The summed E-state index contributed by atoms with van der Waals surface area (Å²) in [5, 5.41) is 3.89. The second-order valence-corrected chi connectivity index (χ2v) is 7.15. The topological polar surface area (TPSA) is 67.3 Å². The third-order valence-corrected chi connectivity index (χ3v) is 5.23. The third-order valence-electron chi connectivity index (χ3n) is 3.72. The van der Waals surface area contributed by atoms with Gasteiger partial charge in [-0.2, -0.15) is 0 Å². The maximum Gasteiger partial charge on any atom is 0.105 e. The Balaban J connectivity index is 0.0000001000. The number of para-hydroxylation sites is 3. The second-order valence-electron chi connectivity index (χ2n) is 5.48. The van der Waals surface area contributed by atoms with Crippen molar-refractivity contribution < 1.29 is 0 Å². The highest BCUT2D eigenvalue weighted by molar-refractivity contribution is 7.16. The highest BCUT2D eigenvalue weighted by atomic mass is 32.1. The SMILES string of the molecule is c1ccc2[nH]cnc2c1.c1ccc2scnc2c1.c1ccc2snnc2c1. The highest BCUT2D eigenvalue weighted by Gasteiger charge is 1.92. The molecule has 7 heteroatoms. The molecule has 0 fully saturated rings. The molecule has 3 aromatic carbocycles. The number of fused-ring (bicyclic) bond motifs is 3. The molecule has 3 heterocycles. The molecule has 0 spiro atoms. The van der Waals surface area contributed by atoms with E-state index in [-0.39, 0.29) is 0 Å². The molecule has 0 saturated carbocycles. The first kappa shape index (κ1) is 17.3. The van der Waals surface area contributed by atoms with Crippen LogP contribution in [0.5, 0.6) is 0 Å². The first-order chi connectivity index (χ1) is 13.4. The van der Waals surface area contributed by atoms with Crippen LogP contribution >= 0.6 is 22.9 Å². The maximum atomic E-state index is 4.14. The Labute approximate surface area is 163 Å². The van der Waals surface area contributed by atoms with Crippen LogP contribution in [0.3, 0.4) is 0 Å². The van der Waals surface area contributed by atoms with Crippen LogP contribution in [0, 0.1) is 0 Å². The summed E-state index contributed by atoms with van der Waals surface area (Å²) < 4.78 is 6.20. The lowest BCUT2D eigenvalue weighted by atomic mass is 10.3. The number of nitrogens with zero attached hydrogens (tertiary/aromatic N) is 4. The van der Waals surface area contributed by atoms with Crippen LogP contribution in [-0.2, 0) is 0 Å². The monoisotopic (exact) mass is 389 g/mol. The van der Waals surface area contributed by atoms with Crippen molar-refractivity contribution in [3.63, 3.8) is 0 Å². The fourth-order valence-corrected chi connectivity index (χ4v) is 3.65. The lowest BCUT2D eigenvalue weighted by molar-refractivity contribution is 1.20. The van der Waals surface area contributed by atoms with Crippen molar-refractivity contribution in [2.24, 2.45) is 0 Å². The Morgan fingerprint density at radius 3 is 2.15 bits per heavy atom. The molecule has 6 rings (SSSR count). The van der Waals surface area contributed by atoms with E-state index in [2.05, 4.69) is 30.6 Å². The Hall–Kier alpha value is -3.16. The molecule has 0 atom stereocenters. The number of aromatic amines is 1. The van der Waals surface area contributed by atoms with Crippen LogP contribution in [0.2, 0.25) is 0 Å². The zero-order valence-electron chi connectivity index (χ0n) is 14.2. The van der Waals surface area contributed by atoms with E-state index < -0.39 is 0 Å². The lowest BCUT2D eigenvalue weighted by Gasteiger charge is -1.81. The number of hydrogen-bond acceptors (Lipinski definition) is 6. The number of rotatable bonds is 0. The first-order valence-corrected chi connectivity index (χ1v) is 9.89. The van der Waals surface area contributed by atoms with Gasteiger partial charge in [-0.15, -0.1) is 16.4 Å². The van der Waals surface area contributed by atoms with E-state index in [1.165, 1.54) is 16.2 Å². The minimum Gasteiger partial charge on any atom is -0.345 e. The predicted molar refractivity (Wildman–Crippen MR) is 113 cm³/mol. The van der Waals surface area contributed by atoms with Crippen LogP contribution in [-0.4, -0.2) is 24.5 Å². The summed E-state index contributed by atoms with van der Waals surface area (Å²) >= 11 is 3.10. The van der Waals surface area contributed by atoms with Gasteiger partial charge in [0.1, 0.15) is 5.52 Å². The van der Waals surface area contributed by atoms with Crippen molar-refractivity contribution in [2.75, 3.05) is 0 Å². The van der Waals surface area contributed by atoms with Gasteiger partial charge >= 0.3 is 0 Å². The van der Waals surface area contributed by atoms with Crippen LogP contribution in [0.4, 0.5) is 0 Å². The van der Waals surface area contributed by atoms with E-state index in [9.17, 15) is 0 Å². The number of aromatic nitrogens is 5. The molecule has 27 heavy (non-hydrogen) atoms. The fraction of sp³-hybridized carbons (Fsp3) is 0. The zero-order chi connectivity index (χ0) is 18.3. The van der Waals surface area contributed by atoms with Crippen LogP contribution in [0.25, 0.3) is 31.5 Å². The Kier molecular flexibility index (Phi) is 5.42. The van der Waals surface area contributed by atoms with Gasteiger partial charge in [0.15, 0.2) is 0 Å². The second kappa shape index (κ2) is 8.48. The molecule has 3 aromatic heterocycles. The number of benzene rings is 3. The van der Waals surface area contributed by atoms with E-state index in [1.54, 1.807) is 17.7 Å². The Bertz CT molecular complexity index is 1010. The molecular weight excluding hydrogens is 374 g/mol. The van der Waals surface area contributed by atoms with Gasteiger partial charge in [-0.1, -0.05) is 40.9 Å². The predicted octanol–water partition coefficient (Wildman–Crippen LogP) is 5.55. The number of imidazole rings is 1. The van der Waals surface area contributed by atoms with Crippen molar-refractivity contribution in [3.8, 4) is 0 Å². The van der Waals surface area contributed by atoms with Gasteiger partial charge < -0.3 is 4.98 Å². The summed E-state index contributed by atoms with van der Waals surface area (Å²) in [5.41, 5.74) is 6.07. The molecule has 5 nitrogen and oxygen atoms in total. The summed E-state index contributed by atoms with van der Waals surface area (Å²) in [5.74, 6) is 0. The molecule has 0 aliphatic rings. The molecule has 0 unspecified atom stereocenters. The minimum absolute atomic E-state index is 0.988. The smallest absolute Gasteiger partial charge is 0.105 e. The van der Waals surface area contributed by atoms with Crippen molar-refractivity contribution in [1.82, 2.24) is 24.5 Å². The minimum atomic E-state index is 0.988. The summed E-state index contributed by atoms with van der Waals surface area (Å²) in [7, 11) is 0. The van der Waals surface area contributed by atoms with Gasteiger partial charge in [-0.3, -0.25) is 0 Å². The van der Waals surface area contributed by atoms with E-state index in [1.807, 2.05) is 72.2 Å². The summed E-state index contributed by atoms with van der Waals surface area (Å²) in [6.07, 6.45) is 1.70. The van der Waals surface area contributed by atoms with Gasteiger partial charge in [-0.25, -0.2) is 9.97 Å². The Morgan fingerprint density at radius 1 is 0.667 bits per heavy atom. The van der Waals surface area contributed by atoms with Gasteiger partial charge in [0.25, 0.3) is 0 Å². The molecule has 0 aliphatic heterocycles. The van der Waals surface area contributed by atoms with E-state index in [4.69, 9.17) is 0 Å². The number of nitrogens with one attached hydrogen (secondary N) is 1. The van der Waals surface area contributed by atoms with Crippen molar-refractivity contribution >= 4 is 54.3 Å².